The Hall–Kier alpha value is -1.83. The monoisotopic (exact) mass is 305 g/mol. The van der Waals surface area contributed by atoms with Crippen molar-refractivity contribution in [2.75, 3.05) is 0 Å². The minimum Gasteiger partial charge on any atom is -0.478 e. The van der Waals surface area contributed by atoms with E-state index in [1.807, 2.05) is 0 Å². The fraction of sp³-hybridized carbons (Fsp3) is 0.364. The van der Waals surface area contributed by atoms with E-state index in [4.69, 9.17) is 16.7 Å². The second-order valence-corrected chi connectivity index (χ2v) is 5.03. The molecular formula is C11H7ClF3N3O2. The van der Waals surface area contributed by atoms with Gasteiger partial charge in [-0.2, -0.15) is 18.3 Å². The minimum atomic E-state index is -4.55. The molecule has 0 saturated heterocycles. The van der Waals surface area contributed by atoms with Crippen LogP contribution in [0, 0.1) is 0 Å². The van der Waals surface area contributed by atoms with Gasteiger partial charge in [0, 0.05) is 12.3 Å². The summed E-state index contributed by atoms with van der Waals surface area (Å²) in [5.41, 5.74) is -3.01. The molecule has 1 N–H and O–H groups in total. The van der Waals surface area contributed by atoms with Crippen molar-refractivity contribution in [3.63, 3.8) is 0 Å². The van der Waals surface area contributed by atoms with Gasteiger partial charge in [-0.15, -0.1) is 0 Å². The molecule has 3 rings (SSSR count). The lowest BCUT2D eigenvalue weighted by Gasteiger charge is -2.21. The Labute approximate surface area is 115 Å². The minimum absolute atomic E-state index is 0.0423. The van der Waals surface area contributed by atoms with E-state index < -0.39 is 28.8 Å². The van der Waals surface area contributed by atoms with Crippen LogP contribution in [0.1, 0.15) is 28.9 Å². The summed E-state index contributed by atoms with van der Waals surface area (Å²) in [6.07, 6.45) is -3.98. The third kappa shape index (κ3) is 1.67. The van der Waals surface area contributed by atoms with Crippen LogP contribution in [-0.4, -0.2) is 31.9 Å². The SMILES string of the molecule is O=C(O)c1cnc2cc(Cl)nn2c1C1(C(F)(F)F)CC1. The molecule has 1 aliphatic carbocycles. The third-order valence-corrected chi connectivity index (χ3v) is 3.61. The Balaban J connectivity index is 2.37. The topological polar surface area (TPSA) is 67.5 Å². The summed E-state index contributed by atoms with van der Waals surface area (Å²) >= 11 is 5.67. The van der Waals surface area contributed by atoms with E-state index in [1.165, 1.54) is 6.07 Å². The van der Waals surface area contributed by atoms with Gasteiger partial charge in [0.15, 0.2) is 10.8 Å². The van der Waals surface area contributed by atoms with Gasteiger partial charge in [0.25, 0.3) is 0 Å². The first kappa shape index (κ1) is 13.2. The molecule has 0 bridgehead atoms. The zero-order valence-electron chi connectivity index (χ0n) is 9.78. The zero-order chi connectivity index (χ0) is 14.7. The highest BCUT2D eigenvalue weighted by atomic mass is 35.5. The predicted molar refractivity (Wildman–Crippen MR) is 61.9 cm³/mol. The molecule has 5 nitrogen and oxygen atoms in total. The molecular weight excluding hydrogens is 299 g/mol. The van der Waals surface area contributed by atoms with Crippen molar-refractivity contribution in [3.8, 4) is 0 Å². The molecule has 0 aromatic carbocycles. The highest BCUT2D eigenvalue weighted by Crippen LogP contribution is 2.59. The summed E-state index contributed by atoms with van der Waals surface area (Å²) in [4.78, 5) is 15.0. The summed E-state index contributed by atoms with van der Waals surface area (Å²) < 4.78 is 40.7. The molecule has 0 amide bonds. The quantitative estimate of drug-likeness (QED) is 0.926. The van der Waals surface area contributed by atoms with Crippen LogP contribution < -0.4 is 0 Å². The van der Waals surface area contributed by atoms with Gasteiger partial charge in [0.2, 0.25) is 0 Å². The van der Waals surface area contributed by atoms with E-state index in [1.54, 1.807) is 0 Å². The van der Waals surface area contributed by atoms with Crippen molar-refractivity contribution in [1.29, 1.82) is 0 Å². The van der Waals surface area contributed by atoms with E-state index in [9.17, 15) is 18.0 Å². The van der Waals surface area contributed by atoms with Crippen molar-refractivity contribution in [2.24, 2.45) is 0 Å². The highest BCUT2D eigenvalue weighted by molar-refractivity contribution is 6.29. The van der Waals surface area contributed by atoms with Crippen molar-refractivity contribution in [2.45, 2.75) is 24.4 Å². The van der Waals surface area contributed by atoms with Gasteiger partial charge in [0.05, 0.1) is 5.69 Å². The van der Waals surface area contributed by atoms with Crippen molar-refractivity contribution >= 4 is 23.2 Å². The summed E-state index contributed by atoms with van der Waals surface area (Å²) in [6.45, 7) is 0. The number of nitrogens with zero attached hydrogens (tertiary/aromatic N) is 3. The second-order valence-electron chi connectivity index (χ2n) is 4.64. The average Bonchev–Trinajstić information content (AvgIpc) is 3.04. The summed E-state index contributed by atoms with van der Waals surface area (Å²) in [5, 5.41) is 12.8. The number of rotatable bonds is 2. The normalized spacial score (nSPS) is 17.4. The van der Waals surface area contributed by atoms with Gasteiger partial charge in [-0.25, -0.2) is 14.3 Å². The Kier molecular flexibility index (Phi) is 2.53. The van der Waals surface area contributed by atoms with Crippen molar-refractivity contribution in [3.05, 3.63) is 28.7 Å². The largest absolute Gasteiger partial charge is 0.478 e. The highest BCUT2D eigenvalue weighted by Gasteiger charge is 2.66. The van der Waals surface area contributed by atoms with E-state index >= 15 is 0 Å². The fourth-order valence-corrected chi connectivity index (χ4v) is 2.48. The van der Waals surface area contributed by atoms with E-state index in [2.05, 4.69) is 10.1 Å². The molecule has 2 heterocycles. The van der Waals surface area contributed by atoms with Crippen LogP contribution in [0.25, 0.3) is 5.65 Å². The maximum atomic E-state index is 13.3. The molecule has 1 aliphatic rings. The van der Waals surface area contributed by atoms with Crippen molar-refractivity contribution in [1.82, 2.24) is 14.6 Å². The number of aromatic carboxylic acids is 1. The summed E-state index contributed by atoms with van der Waals surface area (Å²) in [5.74, 6) is -1.48. The standard InChI is InChI=1S/C11H7ClF3N3O2/c12-6-3-7-16-4-5(9(19)20)8(18(7)17-6)10(1-2-10)11(13,14)15/h3-4H,1-2H2,(H,19,20). The lowest BCUT2D eigenvalue weighted by molar-refractivity contribution is -0.162. The van der Waals surface area contributed by atoms with Crippen LogP contribution in [0.4, 0.5) is 13.2 Å². The van der Waals surface area contributed by atoms with Gasteiger partial charge in [-0.1, -0.05) is 11.6 Å². The molecule has 106 valence electrons. The molecule has 9 heteroatoms. The smallest absolute Gasteiger partial charge is 0.399 e. The molecule has 1 saturated carbocycles. The molecule has 0 radical (unpaired) electrons. The van der Waals surface area contributed by atoms with Crippen LogP contribution in [0.15, 0.2) is 12.3 Å². The number of carbonyl (C=O) groups is 1. The molecule has 2 aromatic heterocycles. The Morgan fingerprint density at radius 2 is 2.10 bits per heavy atom. The van der Waals surface area contributed by atoms with E-state index in [0.29, 0.717) is 0 Å². The van der Waals surface area contributed by atoms with E-state index in [0.717, 1.165) is 10.7 Å². The first-order valence-electron chi connectivity index (χ1n) is 5.61. The number of carboxylic acids is 1. The summed E-state index contributed by atoms with van der Waals surface area (Å²) in [6, 6.07) is 1.28. The van der Waals surface area contributed by atoms with Gasteiger partial charge < -0.3 is 5.11 Å². The van der Waals surface area contributed by atoms with Gasteiger partial charge in [0.1, 0.15) is 11.0 Å². The van der Waals surface area contributed by atoms with Crippen LogP contribution in [0.5, 0.6) is 0 Å². The first-order chi connectivity index (χ1) is 9.26. The lowest BCUT2D eigenvalue weighted by Crippen LogP contribution is -2.33. The Morgan fingerprint density at radius 1 is 1.45 bits per heavy atom. The molecule has 0 atom stereocenters. The van der Waals surface area contributed by atoms with E-state index in [-0.39, 0.29) is 23.6 Å². The Bertz CT molecular complexity index is 722. The second kappa shape index (κ2) is 3.85. The van der Waals surface area contributed by atoms with Crippen LogP contribution in [0.2, 0.25) is 5.15 Å². The molecule has 0 aliphatic heterocycles. The third-order valence-electron chi connectivity index (χ3n) is 3.43. The summed E-state index contributed by atoms with van der Waals surface area (Å²) in [7, 11) is 0. The van der Waals surface area contributed by atoms with Gasteiger partial charge >= 0.3 is 12.1 Å². The van der Waals surface area contributed by atoms with Gasteiger partial charge in [-0.05, 0) is 12.8 Å². The number of hydrogen-bond donors (Lipinski definition) is 1. The van der Waals surface area contributed by atoms with Gasteiger partial charge in [-0.3, -0.25) is 0 Å². The molecule has 0 unspecified atom stereocenters. The Morgan fingerprint density at radius 3 is 2.60 bits per heavy atom. The average molecular weight is 306 g/mol. The number of halogens is 4. The van der Waals surface area contributed by atoms with Crippen LogP contribution in [0.3, 0.4) is 0 Å². The molecule has 0 spiro atoms. The number of aromatic nitrogens is 3. The predicted octanol–water partition coefficient (Wildman–Crippen LogP) is 2.67. The fourth-order valence-electron chi connectivity index (χ4n) is 2.30. The van der Waals surface area contributed by atoms with Crippen LogP contribution in [-0.2, 0) is 5.41 Å². The number of alkyl halides is 3. The lowest BCUT2D eigenvalue weighted by atomic mass is 9.97. The number of carboxylic acid groups (broad SMARTS) is 1. The molecule has 1 fully saturated rings. The first-order valence-corrected chi connectivity index (χ1v) is 5.99. The molecule has 20 heavy (non-hydrogen) atoms. The van der Waals surface area contributed by atoms with Crippen LogP contribution >= 0.6 is 11.6 Å². The number of fused-ring (bicyclic) bond motifs is 1. The maximum absolute atomic E-state index is 13.3. The molecule has 2 aromatic rings. The zero-order valence-corrected chi connectivity index (χ0v) is 10.5. The van der Waals surface area contributed by atoms with Crippen molar-refractivity contribution < 1.29 is 23.1 Å². The number of hydrogen-bond acceptors (Lipinski definition) is 3. The maximum Gasteiger partial charge on any atom is 0.399 e.